The van der Waals surface area contributed by atoms with Crippen LogP contribution in [0.25, 0.3) is 44.3 Å². The topological polar surface area (TPSA) is 547 Å². The molecule has 0 bridgehead atoms. The van der Waals surface area contributed by atoms with Gasteiger partial charge in [-0.3, -0.25) is 51.6 Å². The smallest absolute Gasteiger partial charge is 0.466 e. The Kier molecular flexibility index (Phi) is 44.4. The lowest BCUT2D eigenvalue weighted by molar-refractivity contribution is -0.136. The number of allylic oxidation sites excluding steroid dienone is 3. The summed E-state index contributed by atoms with van der Waals surface area (Å²) in [6.45, 7) is 5.26. The predicted octanol–water partition coefficient (Wildman–Crippen LogP) is 12.6. The van der Waals surface area contributed by atoms with Gasteiger partial charge in [0, 0.05) is 160 Å². The first-order valence-corrected chi connectivity index (χ1v) is 51.0. The second kappa shape index (κ2) is 55.0. The number of nitrogens with one attached hydrogen (secondary N) is 3. The Bertz CT molecular complexity index is 7260. The molecule has 1 amide bonds. The van der Waals surface area contributed by atoms with Gasteiger partial charge in [-0.2, -0.15) is 35.7 Å². The Labute approximate surface area is 867 Å². The first-order chi connectivity index (χ1) is 67.9. The maximum atomic E-state index is 12.6. The molecule has 18 aromatic rings. The van der Waals surface area contributed by atoms with E-state index in [1.807, 2.05) is 201 Å². The van der Waals surface area contributed by atoms with Gasteiger partial charge in [-0.15, -0.1) is 12.4 Å². The van der Waals surface area contributed by atoms with Gasteiger partial charge in [0.1, 0.15) is 53.1 Å². The Morgan fingerprint density at radius 3 is 1.12 bits per heavy atom. The minimum atomic E-state index is -3.13. The number of rotatable bonds is 13. The van der Waals surface area contributed by atoms with Gasteiger partial charge < -0.3 is 50.5 Å². The molecule has 1 fully saturated rings. The molecule has 12 aromatic heterocycles. The number of nitrogen functional groups attached to an aromatic ring is 1. The van der Waals surface area contributed by atoms with E-state index in [0.717, 1.165) is 51.1 Å². The molecule has 1 saturated heterocycles. The van der Waals surface area contributed by atoms with Crippen LogP contribution in [-0.2, 0) is 72.5 Å². The van der Waals surface area contributed by atoms with Gasteiger partial charge in [0.25, 0.3) is 31.4 Å². The zero-order valence-corrected chi connectivity index (χ0v) is 88.9. The molecule has 6 aromatic carbocycles. The number of hydrogen-bond acceptors (Lipinski definition) is 28. The van der Waals surface area contributed by atoms with E-state index >= 15 is 0 Å². The van der Waals surface area contributed by atoms with Crippen LogP contribution in [-0.4, -0.2) is 149 Å². The van der Waals surface area contributed by atoms with Crippen molar-refractivity contribution in [3.63, 3.8) is 0 Å². The number of aryl methyl sites for hydroxylation is 3. The number of nitrogens with zero attached hydrogens (tertiary/aromatic N) is 16. The molecule has 0 spiro atoms. The van der Waals surface area contributed by atoms with Crippen molar-refractivity contribution in [3.8, 4) is 22.3 Å². The number of halogens is 7. The molecule has 1 aliphatic heterocycles. The zero-order valence-electron chi connectivity index (χ0n) is 77.5. The minimum Gasteiger partial charge on any atom is -0.466 e. The Morgan fingerprint density at radius 2 is 0.818 bits per heavy atom. The van der Waals surface area contributed by atoms with Crippen molar-refractivity contribution in [2.24, 2.45) is 44.6 Å². The molecule has 20 rings (SSSR count). The van der Waals surface area contributed by atoms with Gasteiger partial charge in [-0.25, -0.2) is 59.6 Å². The summed E-state index contributed by atoms with van der Waals surface area (Å²) in [7, 11) is 1.75. The molecule has 2 aliphatic rings. The van der Waals surface area contributed by atoms with Crippen molar-refractivity contribution in [2.45, 2.75) is 45.3 Å². The standard InChI is InChI=1S/C12H10ClOP.2C12H12NO2P.C10H17BN2O2.C10H8ClN5.C10H9N5O.C7H7BrO2.2C6H4BrN3O.C6H7BrN2O2.CH3NO.ClH.H3NO/c13-15(14,11-7-3-1-4-8-11)12-9-5-2-6-10-12;2*13-15-16(14,11-7-3-1-4-8-11)12-9-5-2-6-10-12;1-9(2)10(3,4)15-11(14-9)8-6-12-13(5)7-8;1-15-4-8(3-13-15)7-2-9-10(11)12-6-14-16(9)5-7;1-14-4-8(3-12-14)7-2-9-10(16)11-6-13-15(9)5-7;1-10-7(9)5-2-3-6(8)4-5;2*7-4-1-5-6(11)8-3-9-10(5)2-4;1-11-6(10)5-2-4(7)3-9(5)8;2-1-3;;1-2/h1-10H;2*1-10H,13H2;6-7H,1-5H3;2-6H,1H3;2-6H,1H3,(H,11,13,16);3-4H,2H2,1H3;2*1-3H,(H,8,9,11);2-3H,8H2,1H3;1H,(H2,2,3);1H;2H,1H2. The predicted molar refractivity (Wildman–Crippen MR) is 569 cm³/mol. The number of amides is 1. The Balaban J connectivity index is 0.000000194. The Hall–Kier alpha value is -13.0. The largest absolute Gasteiger partial charge is 0.498 e. The first-order valence-electron chi connectivity index (χ1n) is 41.6. The van der Waals surface area contributed by atoms with Crippen LogP contribution in [0.3, 0.4) is 0 Å². The highest BCUT2D eigenvalue weighted by Crippen LogP contribution is 2.49. The SMILES string of the molecule is COC(=O)C1=CC(Br)=CC1.COC(=O)c1cc(Br)cn1N.Cl.Cn1cc(-c2cc3c(=O)[nH]cnn3c2)cn1.Cn1cc(-c2cc3c(Cl)ncnn3c2)cn1.Cn1cc(B2OC(C)(C)C(C)(C)O2)cn1.NC=O.NO.NOP(=O)(c1ccccc1)c1ccccc1.NOP(=O)(c1ccccc1)c1ccccc1.O=P(Cl)(c1ccccc1)c1ccccc1.O=c1[nH]cnn2cc(Br)cc12.O=c1[nH]cnn2cc(Br)cc12. The van der Waals surface area contributed by atoms with E-state index in [1.165, 1.54) is 53.2 Å². The fourth-order valence-corrected chi connectivity index (χ4v) is 19.9. The average Bonchev–Trinajstić information content (AvgIpc) is 1.62. The summed E-state index contributed by atoms with van der Waals surface area (Å²) < 4.78 is 84.1. The second-order valence-corrected chi connectivity index (χ2v) is 42.5. The number of hydrogen-bond donors (Lipinski definition) is 9. The molecule has 0 atom stereocenters. The van der Waals surface area contributed by atoms with Gasteiger partial charge in [-0.1, -0.05) is 167 Å². The van der Waals surface area contributed by atoms with Gasteiger partial charge in [-0.05, 0) is 178 Å². The number of nitrogens with two attached hydrogens (primary N) is 5. The van der Waals surface area contributed by atoms with E-state index in [4.69, 9.17) is 69.0 Å². The van der Waals surface area contributed by atoms with Crippen LogP contribution in [0.1, 0.15) is 44.6 Å². The molecule has 51 heteroatoms. The first kappa shape index (κ1) is 115. The third-order valence-corrected chi connectivity index (χ3v) is 29.9. The summed E-state index contributed by atoms with van der Waals surface area (Å²) in [5.74, 6) is 18.6. The fourth-order valence-electron chi connectivity index (χ4n) is 12.6. The molecule has 1 aliphatic carbocycles. The van der Waals surface area contributed by atoms with E-state index in [2.05, 4.69) is 140 Å². The highest BCUT2D eigenvalue weighted by molar-refractivity contribution is 9.12. The number of carbonyl (C=O) groups excluding carboxylic acids is 3. The van der Waals surface area contributed by atoms with Crippen molar-refractivity contribution in [1.29, 1.82) is 0 Å². The fraction of sp³-hybridized carbons (Fsp3) is 0.130. The summed E-state index contributed by atoms with van der Waals surface area (Å²) in [5.41, 5.74) is 11.5. The normalized spacial score (nSPS) is 12.3. The number of H-pyrrole nitrogens is 3. The van der Waals surface area contributed by atoms with E-state index in [-0.39, 0.29) is 59.8 Å². The molecule has 40 nitrogen and oxygen atoms in total. The summed E-state index contributed by atoms with van der Waals surface area (Å²) in [6, 6.07) is 63.0. The van der Waals surface area contributed by atoms with Crippen molar-refractivity contribution in [2.75, 3.05) is 20.1 Å². The van der Waals surface area contributed by atoms with Crippen LogP contribution in [0.2, 0.25) is 5.15 Å². The van der Waals surface area contributed by atoms with Crippen molar-refractivity contribution < 1.29 is 61.3 Å². The zero-order chi connectivity index (χ0) is 103. The molecule has 143 heavy (non-hydrogen) atoms. The van der Waals surface area contributed by atoms with Crippen LogP contribution >= 0.6 is 120 Å². The molecular weight excluding hydrogens is 2230 g/mol. The van der Waals surface area contributed by atoms with Gasteiger partial charge in [0.05, 0.1) is 37.8 Å². The number of benzene rings is 6. The summed E-state index contributed by atoms with van der Waals surface area (Å²) in [6.07, 6.45) is 30.0. The maximum absolute atomic E-state index is 12.6. The van der Waals surface area contributed by atoms with Crippen molar-refractivity contribution in [1.82, 2.24) is 92.4 Å². The highest BCUT2D eigenvalue weighted by atomic mass is 79.9. The van der Waals surface area contributed by atoms with E-state index in [1.54, 1.807) is 163 Å². The molecule has 13 heterocycles. The lowest BCUT2D eigenvalue weighted by Crippen LogP contribution is -2.41. The summed E-state index contributed by atoms with van der Waals surface area (Å²) in [4.78, 5) is 75.3. The number of fused-ring (bicyclic) bond motifs is 4. The second-order valence-electron chi connectivity index (χ2n) is 30.2. The molecule has 748 valence electrons. The van der Waals surface area contributed by atoms with Crippen LogP contribution in [0.5, 0.6) is 0 Å². The Morgan fingerprint density at radius 1 is 0.483 bits per heavy atom. The van der Waals surface area contributed by atoms with Crippen LogP contribution in [0, 0.1) is 0 Å². The summed E-state index contributed by atoms with van der Waals surface area (Å²) >= 11 is 25.0. The molecule has 14 N–H and O–H groups in total. The third-order valence-electron chi connectivity index (χ3n) is 20.2. The van der Waals surface area contributed by atoms with Crippen LogP contribution in [0.15, 0.2) is 356 Å². The maximum Gasteiger partial charge on any atom is 0.498 e. The van der Waals surface area contributed by atoms with E-state index < -0.39 is 27.2 Å². The highest BCUT2D eigenvalue weighted by Gasteiger charge is 2.52. The number of ether oxygens (including phenoxy) is 2. The number of carbonyl (C=O) groups is 3. The molecule has 0 unspecified atom stereocenters. The lowest BCUT2D eigenvalue weighted by Gasteiger charge is -2.32. The summed E-state index contributed by atoms with van der Waals surface area (Å²) in [5, 5.41) is 38.9. The van der Waals surface area contributed by atoms with E-state index in [9.17, 15) is 37.7 Å². The molecular formula is C92H97BBr4Cl3N24O16P3. The van der Waals surface area contributed by atoms with Gasteiger partial charge in [0.15, 0.2) is 5.15 Å². The van der Waals surface area contributed by atoms with Gasteiger partial charge in [0.2, 0.25) is 12.9 Å². The number of methoxy groups -OCH3 is 2. The van der Waals surface area contributed by atoms with E-state index in [0.29, 0.717) is 71.2 Å². The van der Waals surface area contributed by atoms with Crippen LogP contribution < -0.4 is 83.2 Å². The van der Waals surface area contributed by atoms with Crippen LogP contribution in [0.4, 0.5) is 0 Å². The monoisotopic (exact) mass is 2320 g/mol. The lowest BCUT2D eigenvalue weighted by atomic mass is 9.82. The molecule has 0 saturated carbocycles. The quantitative estimate of drug-likeness (QED) is 0.0129. The number of aromatic amines is 3. The minimum absolute atomic E-state index is 0. The molecule has 0 radical (unpaired) electrons. The third kappa shape index (κ3) is 31.8. The van der Waals surface area contributed by atoms with Crippen molar-refractivity contribution >= 4 is 205 Å². The average molecular weight is 2320 g/mol. The van der Waals surface area contributed by atoms with Crippen molar-refractivity contribution in [3.05, 3.63) is 383 Å². The van der Waals surface area contributed by atoms with Gasteiger partial charge >= 0.3 is 19.1 Å². The number of primary amides is 1. The number of aromatic nitrogens is 19. The number of esters is 2.